The number of rotatable bonds is 5. The number of carbonyl (C=O) groups excluding carboxylic acids is 2. The van der Waals surface area contributed by atoms with Crippen LogP contribution in [0, 0.1) is 17.8 Å². The van der Waals surface area contributed by atoms with Gasteiger partial charge in [-0.1, -0.05) is 12.8 Å². The normalized spacial score (nSPS) is 10.7. The predicted octanol–water partition coefficient (Wildman–Crippen LogP) is 0.336. The molecule has 0 spiro atoms. The predicted molar refractivity (Wildman–Crippen MR) is 61.0 cm³/mol. The molecule has 94 valence electrons. The highest BCUT2D eigenvalue weighted by Crippen LogP contribution is 2.06. The number of hydrogen-bond acceptors (Lipinski definition) is 3. The first-order chi connectivity index (χ1) is 7.95. The minimum Gasteiger partial charge on any atom is -0.481 e. The summed E-state index contributed by atoms with van der Waals surface area (Å²) >= 11 is 0. The van der Waals surface area contributed by atoms with E-state index >= 15 is 0 Å². The zero-order valence-corrected chi connectivity index (χ0v) is 9.87. The Labute approximate surface area is 99.8 Å². The number of urea groups is 1. The van der Waals surface area contributed by atoms with Crippen LogP contribution < -0.4 is 10.6 Å². The average Bonchev–Trinajstić information content (AvgIpc) is 2.15. The monoisotopic (exact) mass is 240 g/mol. The zero-order chi connectivity index (χ0) is 13.3. The lowest BCUT2D eigenvalue weighted by Crippen LogP contribution is -2.40. The number of carbonyl (C=O) groups is 3. The fourth-order valence-corrected chi connectivity index (χ4v) is 1.12. The van der Waals surface area contributed by atoms with E-state index < -0.39 is 17.9 Å². The number of aliphatic carboxylic acids is 1. The Morgan fingerprint density at radius 1 is 1.29 bits per heavy atom. The molecule has 17 heavy (non-hydrogen) atoms. The Balaban J connectivity index is 3.87. The minimum absolute atomic E-state index is 0.000817. The summed E-state index contributed by atoms with van der Waals surface area (Å²) in [5.41, 5.74) is 0. The molecule has 0 rings (SSSR count). The highest BCUT2D eigenvalue weighted by atomic mass is 16.4. The molecular formula is C11H16N2O4. The summed E-state index contributed by atoms with van der Waals surface area (Å²) in [7, 11) is 0. The first kappa shape index (κ1) is 15.0. The summed E-state index contributed by atoms with van der Waals surface area (Å²) < 4.78 is 0. The van der Waals surface area contributed by atoms with Gasteiger partial charge in [0.25, 0.3) is 0 Å². The molecule has 3 N–H and O–H groups in total. The number of carboxylic acids is 1. The molecule has 0 saturated heterocycles. The Morgan fingerprint density at radius 3 is 2.47 bits per heavy atom. The van der Waals surface area contributed by atoms with E-state index in [0.717, 1.165) is 0 Å². The van der Waals surface area contributed by atoms with Crippen molar-refractivity contribution in [2.45, 2.75) is 26.7 Å². The van der Waals surface area contributed by atoms with Crippen LogP contribution >= 0.6 is 0 Å². The van der Waals surface area contributed by atoms with Gasteiger partial charge in [0, 0.05) is 12.8 Å². The van der Waals surface area contributed by atoms with Crippen LogP contribution in [-0.4, -0.2) is 29.6 Å². The molecule has 1 atom stereocenters. The van der Waals surface area contributed by atoms with Crippen LogP contribution in [0.15, 0.2) is 0 Å². The van der Waals surface area contributed by atoms with Gasteiger partial charge in [-0.3, -0.25) is 14.9 Å². The molecule has 6 heteroatoms. The van der Waals surface area contributed by atoms with Crippen LogP contribution in [-0.2, 0) is 9.59 Å². The van der Waals surface area contributed by atoms with E-state index in [9.17, 15) is 14.4 Å². The smallest absolute Gasteiger partial charge is 0.322 e. The van der Waals surface area contributed by atoms with E-state index in [1.165, 1.54) is 0 Å². The van der Waals surface area contributed by atoms with Crippen LogP contribution in [0.25, 0.3) is 0 Å². The summed E-state index contributed by atoms with van der Waals surface area (Å²) in [5, 5.41) is 13.0. The second-order valence-corrected chi connectivity index (χ2v) is 3.56. The molecule has 0 saturated carbocycles. The summed E-state index contributed by atoms with van der Waals surface area (Å²) in [4.78, 5) is 32.7. The topological polar surface area (TPSA) is 95.5 Å². The number of imide groups is 1. The molecule has 1 unspecified atom stereocenters. The average molecular weight is 240 g/mol. The van der Waals surface area contributed by atoms with E-state index in [0.29, 0.717) is 0 Å². The van der Waals surface area contributed by atoms with Gasteiger partial charge >= 0.3 is 12.0 Å². The van der Waals surface area contributed by atoms with Crippen LogP contribution in [0.5, 0.6) is 0 Å². The molecule has 3 amide bonds. The van der Waals surface area contributed by atoms with E-state index in [1.807, 2.05) is 0 Å². The van der Waals surface area contributed by atoms with E-state index in [2.05, 4.69) is 22.5 Å². The Bertz CT molecular complexity index is 354. The number of hydrogen-bond donors (Lipinski definition) is 3. The second-order valence-electron chi connectivity index (χ2n) is 3.56. The maximum atomic E-state index is 11.3. The van der Waals surface area contributed by atoms with E-state index in [-0.39, 0.29) is 25.3 Å². The molecule has 0 aliphatic rings. The van der Waals surface area contributed by atoms with Crippen molar-refractivity contribution in [3.63, 3.8) is 0 Å². The third-order valence-electron chi connectivity index (χ3n) is 1.82. The molecular weight excluding hydrogens is 224 g/mol. The van der Waals surface area contributed by atoms with Gasteiger partial charge in [-0.2, -0.15) is 0 Å². The van der Waals surface area contributed by atoms with Gasteiger partial charge in [-0.05, 0) is 12.8 Å². The van der Waals surface area contributed by atoms with Crippen molar-refractivity contribution in [2.75, 3.05) is 6.54 Å². The van der Waals surface area contributed by atoms with Crippen molar-refractivity contribution in [1.82, 2.24) is 10.6 Å². The minimum atomic E-state index is -0.965. The lowest BCUT2D eigenvalue weighted by atomic mass is 10.0. The van der Waals surface area contributed by atoms with Gasteiger partial charge < -0.3 is 10.4 Å². The van der Waals surface area contributed by atoms with Crippen molar-refractivity contribution in [3.8, 4) is 11.8 Å². The van der Waals surface area contributed by atoms with E-state index in [4.69, 9.17) is 5.11 Å². The third-order valence-corrected chi connectivity index (χ3v) is 1.82. The maximum Gasteiger partial charge on any atom is 0.322 e. The fourth-order valence-electron chi connectivity index (χ4n) is 1.12. The summed E-state index contributed by atoms with van der Waals surface area (Å²) in [6.07, 6.45) is -0.102. The molecule has 0 aromatic carbocycles. The molecule has 0 fully saturated rings. The van der Waals surface area contributed by atoms with Crippen LogP contribution in [0.1, 0.15) is 26.7 Å². The lowest BCUT2D eigenvalue weighted by Gasteiger charge is -2.08. The van der Waals surface area contributed by atoms with Crippen LogP contribution in [0.3, 0.4) is 0 Å². The summed E-state index contributed by atoms with van der Waals surface area (Å²) in [5.74, 6) is 3.42. The van der Waals surface area contributed by atoms with Crippen LogP contribution in [0.2, 0.25) is 0 Å². The molecule has 0 radical (unpaired) electrons. The van der Waals surface area contributed by atoms with Gasteiger partial charge in [0.1, 0.15) is 0 Å². The zero-order valence-electron chi connectivity index (χ0n) is 9.87. The molecule has 0 aromatic heterocycles. The number of amides is 3. The van der Waals surface area contributed by atoms with E-state index in [1.54, 1.807) is 13.8 Å². The third kappa shape index (κ3) is 8.93. The quantitative estimate of drug-likeness (QED) is 0.604. The molecule has 0 aromatic rings. The maximum absolute atomic E-state index is 11.3. The lowest BCUT2D eigenvalue weighted by molar-refractivity contribution is -0.138. The number of carboxylic acid groups (broad SMARTS) is 1. The molecule has 0 bridgehead atoms. The fraction of sp³-hybridized carbons (Fsp3) is 0.545. The Morgan fingerprint density at radius 2 is 1.94 bits per heavy atom. The molecule has 6 nitrogen and oxygen atoms in total. The van der Waals surface area contributed by atoms with Gasteiger partial charge in [0.05, 0.1) is 6.54 Å². The van der Waals surface area contributed by atoms with Gasteiger partial charge in [0.2, 0.25) is 5.91 Å². The molecule has 0 aliphatic carbocycles. The van der Waals surface area contributed by atoms with Gasteiger partial charge in [0.15, 0.2) is 0 Å². The largest absolute Gasteiger partial charge is 0.481 e. The number of nitrogens with one attached hydrogen (secondary N) is 2. The second kappa shape index (κ2) is 8.16. The van der Waals surface area contributed by atoms with Crippen LogP contribution in [0.4, 0.5) is 4.79 Å². The highest BCUT2D eigenvalue weighted by molar-refractivity contribution is 5.94. The highest BCUT2D eigenvalue weighted by Gasteiger charge is 2.14. The molecule has 0 heterocycles. The van der Waals surface area contributed by atoms with Crippen molar-refractivity contribution in [1.29, 1.82) is 0 Å². The van der Waals surface area contributed by atoms with Crippen molar-refractivity contribution >= 4 is 17.9 Å². The SMILES string of the molecule is CC#CCNC(=O)NC(=O)CC(C)CC(=O)O. The Hall–Kier alpha value is -2.03. The Kier molecular flexibility index (Phi) is 7.19. The first-order valence-electron chi connectivity index (χ1n) is 5.14. The van der Waals surface area contributed by atoms with Crippen molar-refractivity contribution < 1.29 is 19.5 Å². The van der Waals surface area contributed by atoms with Crippen molar-refractivity contribution in [3.05, 3.63) is 0 Å². The standard InChI is InChI=1S/C11H16N2O4/c1-3-4-5-12-11(17)13-9(14)6-8(2)7-10(15)16/h8H,5-7H2,1-2H3,(H,15,16)(H2,12,13,14,17). The van der Waals surface area contributed by atoms with Crippen molar-refractivity contribution in [2.24, 2.45) is 5.92 Å². The van der Waals surface area contributed by atoms with Gasteiger partial charge in [-0.25, -0.2) is 4.79 Å². The summed E-state index contributed by atoms with van der Waals surface area (Å²) in [6.45, 7) is 3.44. The summed E-state index contributed by atoms with van der Waals surface area (Å²) in [6, 6.07) is -0.625. The first-order valence-corrected chi connectivity index (χ1v) is 5.14. The molecule has 0 aliphatic heterocycles. The van der Waals surface area contributed by atoms with Gasteiger partial charge in [-0.15, -0.1) is 5.92 Å².